The summed E-state index contributed by atoms with van der Waals surface area (Å²) >= 11 is 4.54. The molecule has 0 aliphatic heterocycles. The number of hydrogen-bond donors (Lipinski definition) is 3. The first kappa shape index (κ1) is 9.83. The minimum absolute atomic E-state index is 0.0277. The van der Waals surface area contributed by atoms with Crippen LogP contribution in [0.5, 0.6) is 0 Å². The van der Waals surface area contributed by atoms with Crippen LogP contribution in [0.4, 0.5) is 0 Å². The van der Waals surface area contributed by atoms with Gasteiger partial charge in [-0.1, -0.05) is 0 Å². The number of thiocarbonyl (C=S) groups is 1. The summed E-state index contributed by atoms with van der Waals surface area (Å²) in [7, 11) is 0. The average Bonchev–Trinajstić information content (AvgIpc) is 1.82. The quantitative estimate of drug-likeness (QED) is 0.474. The Morgan fingerprint density at radius 2 is 2.09 bits per heavy atom. The predicted octanol–water partition coefficient (Wildman–Crippen LogP) is -0.918. The van der Waals surface area contributed by atoms with E-state index in [9.17, 15) is 9.59 Å². The van der Waals surface area contributed by atoms with Gasteiger partial charge in [-0.25, -0.2) is 0 Å². The van der Waals surface area contributed by atoms with E-state index in [4.69, 9.17) is 5.11 Å². The molecular formula is C5H8N2O3S. The molecule has 0 atom stereocenters. The number of carbonyl (C=O) groups excluding carboxylic acids is 1. The molecule has 0 aliphatic rings. The highest BCUT2D eigenvalue weighted by molar-refractivity contribution is 7.80. The maximum atomic E-state index is 10.3. The van der Waals surface area contributed by atoms with Crippen LogP contribution < -0.4 is 10.6 Å². The van der Waals surface area contributed by atoms with Crippen LogP contribution in [0.1, 0.15) is 6.92 Å². The minimum Gasteiger partial charge on any atom is -0.480 e. The van der Waals surface area contributed by atoms with Crippen LogP contribution in [0, 0.1) is 0 Å². The second-order valence-electron chi connectivity index (χ2n) is 1.76. The van der Waals surface area contributed by atoms with Crippen molar-refractivity contribution in [3.63, 3.8) is 0 Å². The summed E-state index contributed by atoms with van der Waals surface area (Å²) in [4.78, 5) is 20.3. The van der Waals surface area contributed by atoms with Gasteiger partial charge in [-0.15, -0.1) is 0 Å². The third-order valence-electron chi connectivity index (χ3n) is 0.690. The number of nitrogens with one attached hydrogen (secondary N) is 2. The number of aliphatic carboxylic acids is 1. The van der Waals surface area contributed by atoms with E-state index in [-0.39, 0.29) is 17.6 Å². The highest BCUT2D eigenvalue weighted by Gasteiger charge is 1.99. The van der Waals surface area contributed by atoms with Gasteiger partial charge in [0, 0.05) is 6.92 Å². The van der Waals surface area contributed by atoms with E-state index in [2.05, 4.69) is 22.9 Å². The van der Waals surface area contributed by atoms with Gasteiger partial charge in [0.15, 0.2) is 5.11 Å². The Bertz CT molecular complexity index is 192. The van der Waals surface area contributed by atoms with Crippen LogP contribution in [0.2, 0.25) is 0 Å². The summed E-state index contributed by atoms with van der Waals surface area (Å²) in [6.07, 6.45) is 0. The number of rotatable bonds is 2. The largest absolute Gasteiger partial charge is 0.480 e. The Hall–Kier alpha value is -1.17. The second kappa shape index (κ2) is 4.62. The maximum Gasteiger partial charge on any atom is 0.322 e. The van der Waals surface area contributed by atoms with Gasteiger partial charge in [0.1, 0.15) is 6.54 Å². The highest BCUT2D eigenvalue weighted by atomic mass is 32.1. The number of carboxylic acids is 1. The van der Waals surface area contributed by atoms with Gasteiger partial charge in [0.2, 0.25) is 5.91 Å². The Morgan fingerprint density at radius 1 is 1.55 bits per heavy atom. The number of carbonyl (C=O) groups is 2. The van der Waals surface area contributed by atoms with Crippen molar-refractivity contribution >= 4 is 29.2 Å². The topological polar surface area (TPSA) is 78.4 Å². The smallest absolute Gasteiger partial charge is 0.322 e. The van der Waals surface area contributed by atoms with Crippen LogP contribution in [0.3, 0.4) is 0 Å². The van der Waals surface area contributed by atoms with Crippen LogP contribution in [-0.2, 0) is 9.59 Å². The first-order valence-electron chi connectivity index (χ1n) is 2.79. The molecule has 0 radical (unpaired) electrons. The van der Waals surface area contributed by atoms with Crippen molar-refractivity contribution in [2.45, 2.75) is 6.92 Å². The molecule has 5 nitrogen and oxygen atoms in total. The molecule has 0 saturated heterocycles. The molecule has 0 aromatic rings. The number of carboxylic acid groups (broad SMARTS) is 1. The van der Waals surface area contributed by atoms with E-state index in [1.807, 2.05) is 0 Å². The maximum absolute atomic E-state index is 10.3. The molecular weight excluding hydrogens is 168 g/mol. The Morgan fingerprint density at radius 3 is 2.45 bits per heavy atom. The monoisotopic (exact) mass is 176 g/mol. The molecule has 11 heavy (non-hydrogen) atoms. The van der Waals surface area contributed by atoms with Gasteiger partial charge in [0.25, 0.3) is 0 Å². The Kier molecular flexibility index (Phi) is 4.12. The zero-order chi connectivity index (χ0) is 8.85. The average molecular weight is 176 g/mol. The molecule has 0 aliphatic carbocycles. The van der Waals surface area contributed by atoms with Crippen molar-refractivity contribution < 1.29 is 14.7 Å². The normalized spacial score (nSPS) is 8.45. The van der Waals surface area contributed by atoms with Crippen molar-refractivity contribution in [1.82, 2.24) is 10.6 Å². The zero-order valence-corrected chi connectivity index (χ0v) is 6.70. The van der Waals surface area contributed by atoms with Gasteiger partial charge < -0.3 is 15.7 Å². The SMILES string of the molecule is CC(=O)NC(=S)NCC(=O)O. The number of amides is 1. The highest BCUT2D eigenvalue weighted by Crippen LogP contribution is 1.67. The van der Waals surface area contributed by atoms with Crippen LogP contribution >= 0.6 is 12.2 Å². The van der Waals surface area contributed by atoms with E-state index in [0.29, 0.717) is 0 Å². The van der Waals surface area contributed by atoms with E-state index < -0.39 is 5.97 Å². The van der Waals surface area contributed by atoms with Crippen molar-refractivity contribution in [3.8, 4) is 0 Å². The molecule has 0 aromatic carbocycles. The van der Waals surface area contributed by atoms with Crippen LogP contribution in [-0.4, -0.2) is 28.6 Å². The van der Waals surface area contributed by atoms with Crippen molar-refractivity contribution in [3.05, 3.63) is 0 Å². The summed E-state index contributed by atoms with van der Waals surface area (Å²) in [5.41, 5.74) is 0. The summed E-state index contributed by atoms with van der Waals surface area (Å²) in [6.45, 7) is 0.994. The molecule has 62 valence electrons. The molecule has 0 saturated carbocycles. The summed E-state index contributed by atoms with van der Waals surface area (Å²) in [6, 6.07) is 0. The van der Waals surface area contributed by atoms with Gasteiger partial charge in [-0.3, -0.25) is 9.59 Å². The molecule has 0 spiro atoms. The molecule has 1 amide bonds. The third-order valence-corrected chi connectivity index (χ3v) is 0.936. The standard InChI is InChI=1S/C5H8N2O3S/c1-3(8)7-5(11)6-2-4(9)10/h2H2,1H3,(H,9,10)(H2,6,7,8,11). The summed E-state index contributed by atoms with van der Waals surface area (Å²) in [5.74, 6) is -1.36. The van der Waals surface area contributed by atoms with Crippen LogP contribution in [0.25, 0.3) is 0 Å². The number of hydrogen-bond acceptors (Lipinski definition) is 3. The lowest BCUT2D eigenvalue weighted by Crippen LogP contribution is -2.40. The fourth-order valence-electron chi connectivity index (χ4n) is 0.360. The Labute approximate surface area is 68.8 Å². The lowest BCUT2D eigenvalue weighted by molar-refractivity contribution is -0.135. The Balaban J connectivity index is 3.53. The van der Waals surface area contributed by atoms with Crippen molar-refractivity contribution in [2.75, 3.05) is 6.54 Å². The first-order valence-corrected chi connectivity index (χ1v) is 3.20. The van der Waals surface area contributed by atoms with Gasteiger partial charge >= 0.3 is 5.97 Å². The minimum atomic E-state index is -1.03. The van der Waals surface area contributed by atoms with E-state index >= 15 is 0 Å². The lowest BCUT2D eigenvalue weighted by Gasteiger charge is -2.03. The van der Waals surface area contributed by atoms with Gasteiger partial charge in [0.05, 0.1) is 0 Å². The fraction of sp³-hybridized carbons (Fsp3) is 0.400. The molecule has 6 heteroatoms. The van der Waals surface area contributed by atoms with E-state index in [0.717, 1.165) is 0 Å². The van der Waals surface area contributed by atoms with Gasteiger partial charge in [-0.2, -0.15) is 0 Å². The second-order valence-corrected chi connectivity index (χ2v) is 2.17. The third kappa shape index (κ3) is 6.72. The van der Waals surface area contributed by atoms with Gasteiger partial charge in [-0.05, 0) is 12.2 Å². The first-order chi connectivity index (χ1) is 5.02. The molecule has 0 unspecified atom stereocenters. The van der Waals surface area contributed by atoms with E-state index in [1.165, 1.54) is 6.92 Å². The molecule has 0 heterocycles. The molecule has 0 aromatic heterocycles. The molecule has 3 N–H and O–H groups in total. The molecule has 0 fully saturated rings. The zero-order valence-electron chi connectivity index (χ0n) is 5.88. The van der Waals surface area contributed by atoms with Crippen molar-refractivity contribution in [2.24, 2.45) is 0 Å². The lowest BCUT2D eigenvalue weighted by atomic mass is 10.6. The van der Waals surface area contributed by atoms with Crippen molar-refractivity contribution in [1.29, 1.82) is 0 Å². The summed E-state index contributed by atoms with van der Waals surface area (Å²) < 4.78 is 0. The van der Waals surface area contributed by atoms with E-state index in [1.54, 1.807) is 0 Å². The van der Waals surface area contributed by atoms with Crippen LogP contribution in [0.15, 0.2) is 0 Å². The summed E-state index contributed by atoms with van der Waals surface area (Å²) in [5, 5.41) is 12.7. The predicted molar refractivity (Wildman–Crippen MR) is 42.1 cm³/mol. The fourth-order valence-corrected chi connectivity index (χ4v) is 0.576. The molecule has 0 rings (SSSR count). The molecule has 0 bridgehead atoms.